The number of anilines is 3. The lowest BCUT2D eigenvalue weighted by atomic mass is 9.68. The minimum absolute atomic E-state index is 0.516. The number of nitrogens with zero attached hydrogens (tertiary/aromatic N) is 1. The summed E-state index contributed by atoms with van der Waals surface area (Å²) in [6, 6.07) is 101. The Morgan fingerprint density at radius 1 is 0.265 bits per heavy atom. The van der Waals surface area contributed by atoms with Crippen LogP contribution in [0.4, 0.5) is 17.1 Å². The Morgan fingerprint density at radius 2 is 0.721 bits per heavy atom. The van der Waals surface area contributed by atoms with Gasteiger partial charge in [-0.25, -0.2) is 0 Å². The molecule has 12 aromatic rings. The molecule has 0 radical (unpaired) electrons. The molecule has 0 spiro atoms. The van der Waals surface area contributed by atoms with E-state index in [4.69, 9.17) is 0 Å². The summed E-state index contributed by atoms with van der Waals surface area (Å²) in [5.74, 6) is 0. The summed E-state index contributed by atoms with van der Waals surface area (Å²) < 4.78 is 0. The second kappa shape index (κ2) is 16.3. The summed E-state index contributed by atoms with van der Waals surface area (Å²) in [6.07, 6.45) is 0. The molecule has 1 aliphatic rings. The van der Waals surface area contributed by atoms with Gasteiger partial charge in [0.05, 0.1) is 11.1 Å². The quantitative estimate of drug-likeness (QED) is 0.138. The summed E-state index contributed by atoms with van der Waals surface area (Å²) in [6.45, 7) is 0. The molecule has 0 saturated carbocycles. The molecule has 68 heavy (non-hydrogen) atoms. The first kappa shape index (κ1) is 39.6. The van der Waals surface area contributed by atoms with Crippen molar-refractivity contribution < 1.29 is 0 Å². The zero-order valence-electron chi connectivity index (χ0n) is 37.4. The lowest BCUT2D eigenvalue weighted by Gasteiger charge is -2.34. The molecule has 0 unspecified atom stereocenters. The number of benzene rings is 12. The van der Waals surface area contributed by atoms with Crippen LogP contribution in [0.3, 0.4) is 0 Å². The van der Waals surface area contributed by atoms with E-state index < -0.39 is 5.41 Å². The van der Waals surface area contributed by atoms with Gasteiger partial charge in [-0.05, 0) is 130 Å². The minimum atomic E-state index is -0.516. The molecule has 12 aromatic carbocycles. The molecule has 0 fully saturated rings. The minimum Gasteiger partial charge on any atom is -0.310 e. The van der Waals surface area contributed by atoms with Gasteiger partial charge in [0.25, 0.3) is 0 Å². The molecule has 0 atom stereocenters. The lowest BCUT2D eigenvalue weighted by Crippen LogP contribution is -2.28. The molecule has 0 N–H and O–H groups in total. The van der Waals surface area contributed by atoms with Crippen molar-refractivity contribution in [3.63, 3.8) is 0 Å². The third kappa shape index (κ3) is 6.32. The monoisotopic (exact) mass is 863 g/mol. The van der Waals surface area contributed by atoms with Crippen LogP contribution in [-0.4, -0.2) is 0 Å². The maximum absolute atomic E-state index is 2.47. The summed E-state index contributed by atoms with van der Waals surface area (Å²) >= 11 is 0. The Labute approximate surface area is 397 Å². The van der Waals surface area contributed by atoms with E-state index in [9.17, 15) is 0 Å². The second-order valence-corrected chi connectivity index (χ2v) is 18.0. The summed E-state index contributed by atoms with van der Waals surface area (Å²) in [5, 5.41) is 7.56. The van der Waals surface area contributed by atoms with Crippen LogP contribution in [0, 0.1) is 0 Å². The van der Waals surface area contributed by atoms with Gasteiger partial charge in [0, 0.05) is 16.9 Å². The van der Waals surface area contributed by atoms with Crippen LogP contribution in [0.1, 0.15) is 22.3 Å². The molecule has 0 aromatic heterocycles. The van der Waals surface area contributed by atoms with Gasteiger partial charge in [-0.2, -0.15) is 0 Å². The van der Waals surface area contributed by atoms with Crippen LogP contribution >= 0.6 is 0 Å². The van der Waals surface area contributed by atoms with E-state index in [-0.39, 0.29) is 0 Å². The third-order valence-corrected chi connectivity index (χ3v) is 14.3. The van der Waals surface area contributed by atoms with Crippen molar-refractivity contribution in [2.24, 2.45) is 0 Å². The second-order valence-electron chi connectivity index (χ2n) is 18.0. The molecule has 318 valence electrons. The van der Waals surface area contributed by atoms with E-state index >= 15 is 0 Å². The van der Waals surface area contributed by atoms with Gasteiger partial charge in [-0.3, -0.25) is 0 Å². The number of hydrogen-bond donors (Lipinski definition) is 0. The Bertz CT molecular complexity index is 3790. The van der Waals surface area contributed by atoms with Gasteiger partial charge in [-0.1, -0.05) is 237 Å². The average Bonchev–Trinajstić information content (AvgIpc) is 3.73. The van der Waals surface area contributed by atoms with Crippen LogP contribution in [0.2, 0.25) is 0 Å². The topological polar surface area (TPSA) is 3.24 Å². The highest BCUT2D eigenvalue weighted by Crippen LogP contribution is 2.59. The highest BCUT2D eigenvalue weighted by atomic mass is 15.1. The van der Waals surface area contributed by atoms with E-state index in [0.29, 0.717) is 0 Å². The largest absolute Gasteiger partial charge is 0.310 e. The van der Waals surface area contributed by atoms with E-state index in [1.165, 1.54) is 99.1 Å². The fourth-order valence-corrected chi connectivity index (χ4v) is 11.3. The molecule has 1 aliphatic carbocycles. The zero-order chi connectivity index (χ0) is 45.0. The van der Waals surface area contributed by atoms with Crippen molar-refractivity contribution in [3.05, 3.63) is 295 Å². The molecule has 0 bridgehead atoms. The molecule has 13 rings (SSSR count). The summed E-state index contributed by atoms with van der Waals surface area (Å²) in [7, 11) is 0. The van der Waals surface area contributed by atoms with Gasteiger partial charge in [0.15, 0.2) is 0 Å². The molecule has 0 saturated heterocycles. The van der Waals surface area contributed by atoms with Crippen LogP contribution in [-0.2, 0) is 5.41 Å². The third-order valence-electron chi connectivity index (χ3n) is 14.3. The van der Waals surface area contributed by atoms with E-state index in [0.717, 1.165) is 17.1 Å². The van der Waals surface area contributed by atoms with Crippen LogP contribution in [0.5, 0.6) is 0 Å². The summed E-state index contributed by atoms with van der Waals surface area (Å²) in [4.78, 5) is 2.47. The van der Waals surface area contributed by atoms with Crippen molar-refractivity contribution in [2.75, 3.05) is 4.90 Å². The molecule has 0 heterocycles. The fraction of sp³-hybridized carbons (Fsp3) is 0.0149. The Hall–Kier alpha value is -8.78. The maximum atomic E-state index is 2.47. The average molecular weight is 864 g/mol. The predicted molar refractivity (Wildman–Crippen MR) is 287 cm³/mol. The first-order valence-corrected chi connectivity index (χ1v) is 23.6. The molecule has 1 heteroatoms. The van der Waals surface area contributed by atoms with Crippen molar-refractivity contribution >= 4 is 49.4 Å². The molecule has 0 amide bonds. The van der Waals surface area contributed by atoms with Gasteiger partial charge in [-0.15, -0.1) is 0 Å². The highest BCUT2D eigenvalue weighted by Gasteiger charge is 2.47. The van der Waals surface area contributed by atoms with Gasteiger partial charge >= 0.3 is 0 Å². The fourth-order valence-electron chi connectivity index (χ4n) is 11.3. The Kier molecular flexibility index (Phi) is 9.47. The first-order chi connectivity index (χ1) is 33.7. The van der Waals surface area contributed by atoms with Crippen molar-refractivity contribution in [1.29, 1.82) is 0 Å². The SMILES string of the molecule is c1ccc(C2(c3ccccc3)c3ccccc3-c3c(N(c4ccc(-c5ccccc5-c5ccc6c(ccc7ccccc76)c5)cc4)c4ccc(-c5cccc6ccccc56)cc4)cccc32)cc1. The van der Waals surface area contributed by atoms with Crippen LogP contribution < -0.4 is 4.90 Å². The van der Waals surface area contributed by atoms with Gasteiger partial charge in [0.1, 0.15) is 0 Å². The smallest absolute Gasteiger partial charge is 0.0714 e. The molecular weight excluding hydrogens is 819 g/mol. The zero-order valence-corrected chi connectivity index (χ0v) is 37.4. The first-order valence-electron chi connectivity index (χ1n) is 23.6. The number of rotatable bonds is 8. The molecular formula is C67H45N. The van der Waals surface area contributed by atoms with E-state index in [1.54, 1.807) is 0 Å². The van der Waals surface area contributed by atoms with Crippen molar-refractivity contribution in [3.8, 4) is 44.5 Å². The number of hydrogen-bond acceptors (Lipinski definition) is 1. The van der Waals surface area contributed by atoms with Gasteiger partial charge in [0.2, 0.25) is 0 Å². The predicted octanol–water partition coefficient (Wildman–Crippen LogP) is 18.0. The van der Waals surface area contributed by atoms with Crippen molar-refractivity contribution in [1.82, 2.24) is 0 Å². The summed E-state index contributed by atoms with van der Waals surface area (Å²) in [5.41, 5.74) is 17.6. The Balaban J connectivity index is 0.982. The maximum Gasteiger partial charge on any atom is 0.0714 e. The Morgan fingerprint density at radius 3 is 1.41 bits per heavy atom. The van der Waals surface area contributed by atoms with E-state index in [1.807, 2.05) is 0 Å². The molecule has 1 nitrogen and oxygen atoms in total. The lowest BCUT2D eigenvalue weighted by molar-refractivity contribution is 0.768. The van der Waals surface area contributed by atoms with Crippen LogP contribution in [0.15, 0.2) is 273 Å². The van der Waals surface area contributed by atoms with E-state index in [2.05, 4.69) is 278 Å². The standard InChI is InChI=1S/C67H45N/c1-3-20-52(21-4-1)67(53-22-5-2-6-23-53)63-30-14-13-28-62(63)66-64(67)31-16-32-65(66)68(55-42-37-49(38-43-55)59-29-15-19-46-17-7-9-24-56(46)59)54-40-35-48(36-41-54)58-26-11-12-27-60(58)51-39-44-61-50(45-51)34-33-47-18-8-10-25-57(47)61/h1-45H. The van der Waals surface area contributed by atoms with Crippen LogP contribution in [0.25, 0.3) is 76.8 Å². The van der Waals surface area contributed by atoms with Gasteiger partial charge < -0.3 is 4.90 Å². The molecule has 0 aliphatic heterocycles. The number of fused-ring (bicyclic) bond motifs is 7. The highest BCUT2D eigenvalue weighted by molar-refractivity contribution is 6.09. The van der Waals surface area contributed by atoms with Crippen molar-refractivity contribution in [2.45, 2.75) is 5.41 Å². The normalized spacial score (nSPS) is 12.5.